The van der Waals surface area contributed by atoms with E-state index < -0.39 is 0 Å². The van der Waals surface area contributed by atoms with Gasteiger partial charge in [0.15, 0.2) is 5.69 Å². The molecule has 0 saturated heterocycles. The molecular weight excluding hydrogens is 218 g/mol. The number of nitrogens with zero attached hydrogens (tertiary/aromatic N) is 3. The highest BCUT2D eigenvalue weighted by molar-refractivity contribution is 5.97. The fraction of sp³-hybridized carbons (Fsp3) is 0.636. The molecule has 6 nitrogen and oxygen atoms in total. The summed E-state index contributed by atoms with van der Waals surface area (Å²) in [7, 11) is 5.68. The third-order valence-electron chi connectivity index (χ3n) is 2.96. The van der Waals surface area contributed by atoms with Gasteiger partial charge in [-0.15, -0.1) is 0 Å². The molecule has 0 fully saturated rings. The van der Waals surface area contributed by atoms with Crippen molar-refractivity contribution in [2.45, 2.75) is 19.4 Å². The summed E-state index contributed by atoms with van der Waals surface area (Å²) in [5.41, 5.74) is 6.25. The van der Waals surface area contributed by atoms with Crippen LogP contribution in [0, 0.1) is 0 Å². The first kappa shape index (κ1) is 13.5. The maximum absolute atomic E-state index is 11.9. The maximum atomic E-state index is 11.9. The van der Waals surface area contributed by atoms with Crippen LogP contribution >= 0.6 is 0 Å². The molecule has 0 aliphatic heterocycles. The Morgan fingerprint density at radius 1 is 1.59 bits per heavy atom. The Morgan fingerprint density at radius 3 is 2.59 bits per heavy atom. The van der Waals surface area contributed by atoms with Crippen LogP contribution in [-0.4, -0.2) is 46.8 Å². The lowest BCUT2D eigenvalue weighted by Crippen LogP contribution is -2.48. The first-order valence-corrected chi connectivity index (χ1v) is 5.49. The molecule has 0 atom stereocenters. The van der Waals surface area contributed by atoms with Crippen molar-refractivity contribution < 1.29 is 4.79 Å². The summed E-state index contributed by atoms with van der Waals surface area (Å²) < 4.78 is 1.53. The molecule has 0 aromatic carbocycles. The van der Waals surface area contributed by atoms with E-state index in [4.69, 9.17) is 5.73 Å². The van der Waals surface area contributed by atoms with Gasteiger partial charge >= 0.3 is 0 Å². The third kappa shape index (κ3) is 3.20. The second kappa shape index (κ2) is 4.75. The monoisotopic (exact) mass is 239 g/mol. The second-order valence-corrected chi connectivity index (χ2v) is 5.00. The molecule has 17 heavy (non-hydrogen) atoms. The van der Waals surface area contributed by atoms with Crippen LogP contribution in [0.4, 0.5) is 5.69 Å². The summed E-state index contributed by atoms with van der Waals surface area (Å²) in [4.78, 5) is 13.9. The Bertz CT molecular complexity index is 408. The largest absolute Gasteiger partial charge is 0.396 e. The smallest absolute Gasteiger partial charge is 0.274 e. The van der Waals surface area contributed by atoms with Gasteiger partial charge < -0.3 is 16.0 Å². The molecule has 0 aliphatic rings. The van der Waals surface area contributed by atoms with E-state index in [0.29, 0.717) is 12.2 Å². The second-order valence-electron chi connectivity index (χ2n) is 5.00. The molecule has 0 bridgehead atoms. The highest BCUT2D eigenvalue weighted by Crippen LogP contribution is 2.10. The zero-order chi connectivity index (χ0) is 13.2. The molecule has 1 amide bonds. The summed E-state index contributed by atoms with van der Waals surface area (Å²) in [5.74, 6) is -0.238. The predicted octanol–water partition coefficient (Wildman–Crippen LogP) is 0.0723. The molecule has 6 heteroatoms. The van der Waals surface area contributed by atoms with Crippen molar-refractivity contribution in [3.05, 3.63) is 11.9 Å². The Kier molecular flexibility index (Phi) is 3.77. The molecule has 0 unspecified atom stereocenters. The first-order chi connectivity index (χ1) is 7.74. The quantitative estimate of drug-likeness (QED) is 0.779. The van der Waals surface area contributed by atoms with Gasteiger partial charge in [-0.1, -0.05) is 0 Å². The molecule has 0 saturated carbocycles. The number of aryl methyl sites for hydroxylation is 1. The SMILES string of the molecule is CN(C)C(C)(C)CNC(=O)c1nn(C)cc1N. The van der Waals surface area contributed by atoms with E-state index in [2.05, 4.69) is 29.2 Å². The topological polar surface area (TPSA) is 76.2 Å². The number of carbonyl (C=O) groups excluding carboxylic acids is 1. The lowest BCUT2D eigenvalue weighted by atomic mass is 10.0. The molecule has 0 spiro atoms. The lowest BCUT2D eigenvalue weighted by molar-refractivity contribution is 0.0915. The molecule has 1 aromatic rings. The van der Waals surface area contributed by atoms with Crippen LogP contribution in [0.1, 0.15) is 24.3 Å². The number of likely N-dealkylation sites (N-methyl/N-ethyl adjacent to an activating group) is 1. The molecule has 96 valence electrons. The average molecular weight is 239 g/mol. The molecule has 1 heterocycles. The minimum atomic E-state index is -0.238. The summed E-state index contributed by atoms with van der Waals surface area (Å²) in [6.07, 6.45) is 1.62. The van der Waals surface area contributed by atoms with Crippen molar-refractivity contribution >= 4 is 11.6 Å². The number of rotatable bonds is 4. The first-order valence-electron chi connectivity index (χ1n) is 5.49. The number of hydrogen-bond acceptors (Lipinski definition) is 4. The van der Waals surface area contributed by atoms with Crippen LogP contribution in [0.3, 0.4) is 0 Å². The van der Waals surface area contributed by atoms with Crippen molar-refractivity contribution in [3.8, 4) is 0 Å². The summed E-state index contributed by atoms with van der Waals surface area (Å²) >= 11 is 0. The molecule has 3 N–H and O–H groups in total. The van der Waals surface area contributed by atoms with Crippen molar-refractivity contribution in [1.82, 2.24) is 20.0 Å². The van der Waals surface area contributed by atoms with E-state index in [0.717, 1.165) is 0 Å². The van der Waals surface area contributed by atoms with Crippen molar-refractivity contribution in [2.75, 3.05) is 26.4 Å². The van der Waals surface area contributed by atoms with Crippen LogP contribution in [0.15, 0.2) is 6.20 Å². The number of anilines is 1. The number of aromatic nitrogens is 2. The lowest BCUT2D eigenvalue weighted by Gasteiger charge is -2.32. The Balaban J connectivity index is 2.65. The summed E-state index contributed by atoms with van der Waals surface area (Å²) in [5, 5.41) is 6.86. The van der Waals surface area contributed by atoms with Crippen LogP contribution in [0.5, 0.6) is 0 Å². The summed E-state index contributed by atoms with van der Waals surface area (Å²) in [6, 6.07) is 0. The van der Waals surface area contributed by atoms with E-state index in [1.807, 2.05) is 14.1 Å². The molecule has 1 aromatic heterocycles. The van der Waals surface area contributed by atoms with Gasteiger partial charge in [-0.25, -0.2) is 0 Å². The van der Waals surface area contributed by atoms with E-state index in [-0.39, 0.29) is 17.1 Å². The maximum Gasteiger partial charge on any atom is 0.274 e. The highest BCUT2D eigenvalue weighted by Gasteiger charge is 2.22. The zero-order valence-electron chi connectivity index (χ0n) is 11.1. The number of nitrogens with one attached hydrogen (secondary N) is 1. The van der Waals surface area contributed by atoms with Gasteiger partial charge in [0.05, 0.1) is 5.69 Å². The zero-order valence-corrected chi connectivity index (χ0v) is 11.1. The Morgan fingerprint density at radius 2 is 2.18 bits per heavy atom. The van der Waals surface area contributed by atoms with Gasteiger partial charge in [-0.2, -0.15) is 5.10 Å². The minimum Gasteiger partial charge on any atom is -0.396 e. The minimum absolute atomic E-state index is 0.112. The normalized spacial score (nSPS) is 11.9. The third-order valence-corrected chi connectivity index (χ3v) is 2.96. The van der Waals surface area contributed by atoms with Crippen LogP contribution in [-0.2, 0) is 7.05 Å². The van der Waals surface area contributed by atoms with Crippen LogP contribution in [0.2, 0.25) is 0 Å². The van der Waals surface area contributed by atoms with E-state index in [1.54, 1.807) is 13.2 Å². The number of nitrogen functional groups attached to an aromatic ring is 1. The highest BCUT2D eigenvalue weighted by atomic mass is 16.2. The molecule has 1 rings (SSSR count). The Labute approximate surface area is 102 Å². The van der Waals surface area contributed by atoms with Crippen molar-refractivity contribution in [2.24, 2.45) is 7.05 Å². The van der Waals surface area contributed by atoms with Gasteiger partial charge in [-0.05, 0) is 27.9 Å². The van der Waals surface area contributed by atoms with Crippen molar-refractivity contribution in [3.63, 3.8) is 0 Å². The van der Waals surface area contributed by atoms with Crippen molar-refractivity contribution in [1.29, 1.82) is 0 Å². The predicted molar refractivity (Wildman–Crippen MR) is 67.7 cm³/mol. The van der Waals surface area contributed by atoms with Crippen LogP contribution < -0.4 is 11.1 Å². The van der Waals surface area contributed by atoms with Gasteiger partial charge in [0, 0.05) is 25.3 Å². The summed E-state index contributed by atoms with van der Waals surface area (Å²) in [6.45, 7) is 4.64. The number of amides is 1. The fourth-order valence-electron chi connectivity index (χ4n) is 1.22. The number of hydrogen-bond donors (Lipinski definition) is 2. The van der Waals surface area contributed by atoms with Gasteiger partial charge in [0.25, 0.3) is 5.91 Å². The van der Waals surface area contributed by atoms with Gasteiger partial charge in [0.1, 0.15) is 0 Å². The average Bonchev–Trinajstić information content (AvgIpc) is 2.54. The number of carbonyl (C=O) groups is 1. The Hall–Kier alpha value is -1.56. The standard InChI is InChI=1S/C11H21N5O/c1-11(2,15(3)4)7-13-10(17)9-8(12)6-16(5)14-9/h6H,7,12H2,1-5H3,(H,13,17). The number of nitrogens with two attached hydrogens (primary N) is 1. The molecular formula is C11H21N5O. The van der Waals surface area contributed by atoms with E-state index in [9.17, 15) is 4.79 Å². The van der Waals surface area contributed by atoms with Gasteiger partial charge in [0.2, 0.25) is 0 Å². The molecule has 0 radical (unpaired) electrons. The molecule has 0 aliphatic carbocycles. The fourth-order valence-corrected chi connectivity index (χ4v) is 1.22. The van der Waals surface area contributed by atoms with Crippen LogP contribution in [0.25, 0.3) is 0 Å². The van der Waals surface area contributed by atoms with E-state index >= 15 is 0 Å². The van der Waals surface area contributed by atoms with Gasteiger partial charge in [-0.3, -0.25) is 9.48 Å². The van der Waals surface area contributed by atoms with E-state index in [1.165, 1.54) is 4.68 Å².